The number of benzene rings is 4. The van der Waals surface area contributed by atoms with E-state index < -0.39 is 11.5 Å². The average Bonchev–Trinajstić information content (AvgIpc) is 3.43. The van der Waals surface area contributed by atoms with Gasteiger partial charge in [-0.3, -0.25) is 14.9 Å². The SMILES string of the molecule is CC(C)CC1NC2(C(=O)Nc3ccccc32)C(C(=O)c2ccc(-c3ccccc3)cc2)C1c1ccccc1. The van der Waals surface area contributed by atoms with Gasteiger partial charge in [-0.25, -0.2) is 0 Å². The van der Waals surface area contributed by atoms with Crippen LogP contribution in [0.5, 0.6) is 0 Å². The Kier molecular flexibility index (Phi) is 6.21. The molecule has 0 aromatic heterocycles. The molecule has 2 N–H and O–H groups in total. The minimum absolute atomic E-state index is 0.0101. The predicted molar refractivity (Wildman–Crippen MR) is 152 cm³/mol. The highest BCUT2D eigenvalue weighted by Crippen LogP contribution is 2.54. The van der Waals surface area contributed by atoms with Crippen molar-refractivity contribution in [3.8, 4) is 11.1 Å². The standard InChI is InChI=1S/C34H32N2O2/c1-22(2)21-29-30(25-13-7-4-8-14-25)31(34(36-29)27-15-9-10-16-28(27)35-33(34)38)32(37)26-19-17-24(18-20-26)23-11-5-3-6-12-23/h3-20,22,29-31,36H,21H2,1-2H3,(H,35,38). The van der Waals surface area contributed by atoms with Crippen LogP contribution in [0.4, 0.5) is 5.69 Å². The Morgan fingerprint density at radius 1 is 0.789 bits per heavy atom. The molecule has 4 atom stereocenters. The summed E-state index contributed by atoms with van der Waals surface area (Å²) in [6.07, 6.45) is 0.855. The highest BCUT2D eigenvalue weighted by atomic mass is 16.2. The van der Waals surface area contributed by atoms with E-state index in [1.165, 1.54) is 0 Å². The molecule has 6 rings (SSSR count). The van der Waals surface area contributed by atoms with Gasteiger partial charge in [0.2, 0.25) is 5.91 Å². The first-order valence-corrected chi connectivity index (χ1v) is 13.4. The third kappa shape index (κ3) is 3.97. The van der Waals surface area contributed by atoms with Crippen molar-refractivity contribution >= 4 is 17.4 Å². The predicted octanol–water partition coefficient (Wildman–Crippen LogP) is 6.80. The van der Waals surface area contributed by atoms with Gasteiger partial charge >= 0.3 is 0 Å². The van der Waals surface area contributed by atoms with Crippen LogP contribution < -0.4 is 10.6 Å². The monoisotopic (exact) mass is 500 g/mol. The summed E-state index contributed by atoms with van der Waals surface area (Å²) in [4.78, 5) is 28.5. The number of carbonyl (C=O) groups is 2. The fourth-order valence-corrected chi connectivity index (χ4v) is 6.52. The number of fused-ring (bicyclic) bond motifs is 2. The van der Waals surface area contributed by atoms with Gasteiger partial charge in [0, 0.05) is 28.8 Å². The number of carbonyl (C=O) groups excluding carboxylic acids is 2. The van der Waals surface area contributed by atoms with Crippen LogP contribution in [0.25, 0.3) is 11.1 Å². The second kappa shape index (κ2) is 9.70. The Hall–Kier alpha value is -4.02. The topological polar surface area (TPSA) is 58.2 Å². The summed E-state index contributed by atoms with van der Waals surface area (Å²) in [7, 11) is 0. The summed E-state index contributed by atoms with van der Waals surface area (Å²) < 4.78 is 0. The zero-order valence-electron chi connectivity index (χ0n) is 21.7. The van der Waals surface area contributed by atoms with Gasteiger partial charge in [0.05, 0.1) is 5.92 Å². The van der Waals surface area contributed by atoms with Gasteiger partial charge in [-0.15, -0.1) is 0 Å². The molecule has 4 nitrogen and oxygen atoms in total. The molecule has 1 saturated heterocycles. The Balaban J connectivity index is 1.50. The normalized spacial score (nSPS) is 24.0. The van der Waals surface area contributed by atoms with E-state index in [0.717, 1.165) is 34.4 Å². The second-order valence-corrected chi connectivity index (χ2v) is 10.9. The first-order chi connectivity index (χ1) is 18.5. The number of hydrogen-bond donors (Lipinski definition) is 2. The minimum atomic E-state index is -1.13. The van der Waals surface area contributed by atoms with Crippen molar-refractivity contribution in [2.45, 2.75) is 37.8 Å². The van der Waals surface area contributed by atoms with E-state index in [-0.39, 0.29) is 23.7 Å². The zero-order chi connectivity index (χ0) is 26.3. The minimum Gasteiger partial charge on any atom is -0.324 e. The van der Waals surface area contributed by atoms with Crippen molar-refractivity contribution in [2.75, 3.05) is 5.32 Å². The Bertz CT molecular complexity index is 1460. The molecule has 2 heterocycles. The van der Waals surface area contributed by atoms with Gasteiger partial charge in [-0.2, -0.15) is 0 Å². The molecule has 0 bridgehead atoms. The van der Waals surface area contributed by atoms with Gasteiger partial charge in [-0.1, -0.05) is 117 Å². The van der Waals surface area contributed by atoms with E-state index in [1.807, 2.05) is 84.9 Å². The van der Waals surface area contributed by atoms with E-state index >= 15 is 0 Å². The number of ketones is 1. The van der Waals surface area contributed by atoms with Crippen molar-refractivity contribution < 1.29 is 9.59 Å². The van der Waals surface area contributed by atoms with Gasteiger partial charge in [0.25, 0.3) is 0 Å². The molecule has 2 aliphatic rings. The highest BCUT2D eigenvalue weighted by Gasteiger charge is 2.64. The van der Waals surface area contributed by atoms with Crippen molar-refractivity contribution in [1.82, 2.24) is 5.32 Å². The molecular formula is C34H32N2O2. The van der Waals surface area contributed by atoms with E-state index in [4.69, 9.17) is 0 Å². The lowest BCUT2D eigenvalue weighted by atomic mass is 9.69. The summed E-state index contributed by atoms with van der Waals surface area (Å²) in [5, 5.41) is 6.85. The number of Topliss-reactive ketones (excluding diaryl/α,β-unsaturated/α-hetero) is 1. The fraction of sp³-hybridized carbons (Fsp3) is 0.235. The number of amides is 1. The number of hydrogen-bond acceptors (Lipinski definition) is 3. The smallest absolute Gasteiger partial charge is 0.250 e. The maximum absolute atomic E-state index is 14.6. The van der Waals surface area contributed by atoms with Crippen molar-refractivity contribution in [1.29, 1.82) is 0 Å². The number of anilines is 1. The molecule has 4 aromatic carbocycles. The zero-order valence-corrected chi connectivity index (χ0v) is 21.7. The summed E-state index contributed by atoms with van der Waals surface area (Å²) >= 11 is 0. The molecule has 0 aliphatic carbocycles. The van der Waals surface area contributed by atoms with E-state index in [9.17, 15) is 9.59 Å². The molecule has 4 heteroatoms. The molecule has 2 aliphatic heterocycles. The third-order valence-electron chi connectivity index (χ3n) is 8.10. The van der Waals surface area contributed by atoms with Crippen molar-refractivity contribution in [2.24, 2.45) is 11.8 Å². The van der Waals surface area contributed by atoms with Crippen LogP contribution in [0, 0.1) is 11.8 Å². The van der Waals surface area contributed by atoms with Gasteiger partial charge in [0.15, 0.2) is 5.78 Å². The second-order valence-electron chi connectivity index (χ2n) is 10.9. The molecule has 1 spiro atoms. The van der Waals surface area contributed by atoms with Crippen LogP contribution in [0.3, 0.4) is 0 Å². The van der Waals surface area contributed by atoms with Gasteiger partial charge in [0.1, 0.15) is 5.54 Å². The van der Waals surface area contributed by atoms with Crippen LogP contribution in [0.2, 0.25) is 0 Å². The largest absolute Gasteiger partial charge is 0.324 e. The lowest BCUT2D eigenvalue weighted by Crippen LogP contribution is -2.51. The molecule has 0 saturated carbocycles. The average molecular weight is 501 g/mol. The van der Waals surface area contributed by atoms with Gasteiger partial charge in [-0.05, 0) is 35.1 Å². The Morgan fingerprint density at radius 2 is 1.39 bits per heavy atom. The van der Waals surface area contributed by atoms with Crippen LogP contribution in [-0.4, -0.2) is 17.7 Å². The maximum atomic E-state index is 14.6. The third-order valence-corrected chi connectivity index (χ3v) is 8.10. The Morgan fingerprint density at radius 3 is 2.08 bits per heavy atom. The fourth-order valence-electron chi connectivity index (χ4n) is 6.52. The van der Waals surface area contributed by atoms with Crippen LogP contribution >= 0.6 is 0 Å². The quantitative estimate of drug-likeness (QED) is 0.286. The summed E-state index contributed by atoms with van der Waals surface area (Å²) in [6.45, 7) is 4.38. The lowest BCUT2D eigenvalue weighted by molar-refractivity contribution is -0.122. The maximum Gasteiger partial charge on any atom is 0.250 e. The molecule has 0 radical (unpaired) electrons. The van der Waals surface area contributed by atoms with E-state index in [0.29, 0.717) is 11.5 Å². The number of para-hydroxylation sites is 1. The summed E-state index contributed by atoms with van der Waals surface area (Å²) in [5.74, 6) is -0.514. The lowest BCUT2D eigenvalue weighted by Gasteiger charge is -2.31. The van der Waals surface area contributed by atoms with Gasteiger partial charge < -0.3 is 5.32 Å². The first kappa shape index (κ1) is 24.3. The molecule has 190 valence electrons. The van der Waals surface area contributed by atoms with Crippen LogP contribution in [0.1, 0.15) is 47.7 Å². The molecule has 4 unspecified atom stereocenters. The van der Waals surface area contributed by atoms with E-state index in [2.05, 4.69) is 48.7 Å². The molecule has 38 heavy (non-hydrogen) atoms. The summed E-state index contributed by atoms with van der Waals surface area (Å²) in [5.41, 5.74) is 4.37. The highest BCUT2D eigenvalue weighted by molar-refractivity contribution is 6.12. The Labute approximate surface area is 224 Å². The van der Waals surface area contributed by atoms with Crippen LogP contribution in [0.15, 0.2) is 109 Å². The van der Waals surface area contributed by atoms with Crippen molar-refractivity contribution in [3.05, 3.63) is 126 Å². The summed E-state index contributed by atoms with van der Waals surface area (Å²) in [6, 6.07) is 35.9. The molecule has 1 fully saturated rings. The van der Waals surface area contributed by atoms with Crippen molar-refractivity contribution in [3.63, 3.8) is 0 Å². The first-order valence-electron chi connectivity index (χ1n) is 13.4. The number of nitrogens with one attached hydrogen (secondary N) is 2. The number of rotatable bonds is 6. The molecule has 1 amide bonds. The molecule has 4 aromatic rings. The van der Waals surface area contributed by atoms with E-state index in [1.54, 1.807) is 0 Å². The molecular weight excluding hydrogens is 468 g/mol. The van der Waals surface area contributed by atoms with Crippen LogP contribution in [-0.2, 0) is 10.3 Å².